The standard InChI is InChI=1S/C15H20N2O4/c1-10-9-12(3-4-13(10)15(19)20)16-11(2)14(18)17-5-7-21-8-6-17/h3-4,9,11,16H,5-8H2,1-2H3,(H,19,20). The third-order valence-electron chi connectivity index (χ3n) is 3.53. The zero-order chi connectivity index (χ0) is 15.4. The van der Waals surface area contributed by atoms with Gasteiger partial charge in [0.25, 0.3) is 0 Å². The van der Waals surface area contributed by atoms with Crippen molar-refractivity contribution in [1.82, 2.24) is 4.90 Å². The van der Waals surface area contributed by atoms with Gasteiger partial charge >= 0.3 is 5.97 Å². The molecule has 0 aliphatic carbocycles. The van der Waals surface area contributed by atoms with Crippen molar-refractivity contribution in [2.45, 2.75) is 19.9 Å². The second kappa shape index (κ2) is 6.58. The van der Waals surface area contributed by atoms with Crippen molar-refractivity contribution >= 4 is 17.6 Å². The molecule has 1 aliphatic heterocycles. The molecular weight excluding hydrogens is 272 g/mol. The summed E-state index contributed by atoms with van der Waals surface area (Å²) >= 11 is 0. The molecule has 1 fully saturated rings. The van der Waals surface area contributed by atoms with Crippen LogP contribution in [0.5, 0.6) is 0 Å². The molecular formula is C15H20N2O4. The van der Waals surface area contributed by atoms with E-state index in [2.05, 4.69) is 5.32 Å². The van der Waals surface area contributed by atoms with Gasteiger partial charge in [0.1, 0.15) is 6.04 Å². The molecule has 0 bridgehead atoms. The predicted octanol–water partition coefficient (Wildman–Crippen LogP) is 1.35. The summed E-state index contributed by atoms with van der Waals surface area (Å²) < 4.78 is 5.23. The SMILES string of the molecule is Cc1cc(NC(C)C(=O)N2CCOCC2)ccc1C(=O)O. The molecule has 1 aromatic carbocycles. The summed E-state index contributed by atoms with van der Waals surface area (Å²) in [5, 5.41) is 12.1. The molecule has 1 amide bonds. The predicted molar refractivity (Wildman–Crippen MR) is 78.6 cm³/mol. The van der Waals surface area contributed by atoms with Crippen molar-refractivity contribution in [3.63, 3.8) is 0 Å². The quantitative estimate of drug-likeness (QED) is 0.876. The lowest BCUT2D eigenvalue weighted by atomic mass is 10.1. The van der Waals surface area contributed by atoms with Gasteiger partial charge in [0, 0.05) is 18.8 Å². The summed E-state index contributed by atoms with van der Waals surface area (Å²) in [5.41, 5.74) is 1.68. The number of nitrogens with one attached hydrogen (secondary N) is 1. The first-order valence-corrected chi connectivity index (χ1v) is 6.96. The van der Waals surface area contributed by atoms with E-state index in [0.29, 0.717) is 31.9 Å². The Kier molecular flexibility index (Phi) is 4.80. The number of carbonyl (C=O) groups excluding carboxylic acids is 1. The molecule has 6 heteroatoms. The zero-order valence-corrected chi connectivity index (χ0v) is 12.3. The van der Waals surface area contributed by atoms with Crippen LogP contribution in [0.4, 0.5) is 5.69 Å². The summed E-state index contributed by atoms with van der Waals surface area (Å²) in [6.45, 7) is 5.92. The Morgan fingerprint density at radius 1 is 1.33 bits per heavy atom. The average Bonchev–Trinajstić information content (AvgIpc) is 2.47. The van der Waals surface area contributed by atoms with Crippen LogP contribution >= 0.6 is 0 Å². The van der Waals surface area contributed by atoms with Gasteiger partial charge in [0.2, 0.25) is 5.91 Å². The minimum absolute atomic E-state index is 0.0262. The summed E-state index contributed by atoms with van der Waals surface area (Å²) in [6.07, 6.45) is 0. The molecule has 0 saturated carbocycles. The highest BCUT2D eigenvalue weighted by molar-refractivity contribution is 5.90. The van der Waals surface area contributed by atoms with Crippen molar-refractivity contribution in [2.75, 3.05) is 31.6 Å². The molecule has 1 atom stereocenters. The largest absolute Gasteiger partial charge is 0.478 e. The number of anilines is 1. The summed E-state index contributed by atoms with van der Waals surface area (Å²) in [6, 6.07) is 4.61. The van der Waals surface area contributed by atoms with Crippen LogP contribution in [0, 0.1) is 6.92 Å². The number of amides is 1. The zero-order valence-electron chi connectivity index (χ0n) is 12.3. The maximum atomic E-state index is 12.3. The molecule has 114 valence electrons. The number of carbonyl (C=O) groups is 2. The second-order valence-corrected chi connectivity index (χ2v) is 5.14. The van der Waals surface area contributed by atoms with Gasteiger partial charge in [-0.2, -0.15) is 0 Å². The summed E-state index contributed by atoms with van der Waals surface area (Å²) in [7, 11) is 0. The maximum absolute atomic E-state index is 12.3. The molecule has 21 heavy (non-hydrogen) atoms. The molecule has 2 N–H and O–H groups in total. The Morgan fingerprint density at radius 3 is 2.57 bits per heavy atom. The fourth-order valence-corrected chi connectivity index (χ4v) is 2.36. The van der Waals surface area contributed by atoms with Crippen molar-refractivity contribution in [3.05, 3.63) is 29.3 Å². The monoisotopic (exact) mass is 292 g/mol. The maximum Gasteiger partial charge on any atom is 0.335 e. The lowest BCUT2D eigenvalue weighted by molar-refractivity contribution is -0.135. The summed E-state index contributed by atoms with van der Waals surface area (Å²) in [5.74, 6) is -0.922. The summed E-state index contributed by atoms with van der Waals surface area (Å²) in [4.78, 5) is 25.0. The number of nitrogens with zero attached hydrogens (tertiary/aromatic N) is 1. The van der Waals surface area contributed by atoms with Crippen LogP contribution < -0.4 is 5.32 Å². The number of rotatable bonds is 4. The average molecular weight is 292 g/mol. The molecule has 1 saturated heterocycles. The van der Waals surface area contributed by atoms with E-state index >= 15 is 0 Å². The van der Waals surface area contributed by atoms with Gasteiger partial charge in [-0.1, -0.05) is 0 Å². The van der Waals surface area contributed by atoms with Gasteiger partial charge in [-0.3, -0.25) is 4.79 Å². The normalized spacial score (nSPS) is 16.4. The molecule has 1 aliphatic rings. The Bertz CT molecular complexity index is 538. The van der Waals surface area contributed by atoms with Gasteiger partial charge < -0.3 is 20.1 Å². The Labute approximate surface area is 123 Å². The van der Waals surface area contributed by atoms with E-state index in [1.54, 1.807) is 36.9 Å². The van der Waals surface area contributed by atoms with E-state index in [9.17, 15) is 9.59 Å². The molecule has 0 radical (unpaired) electrons. The molecule has 0 spiro atoms. The van der Waals surface area contributed by atoms with Gasteiger partial charge in [0.15, 0.2) is 0 Å². The van der Waals surface area contributed by atoms with E-state index in [1.807, 2.05) is 0 Å². The van der Waals surface area contributed by atoms with E-state index in [-0.39, 0.29) is 17.5 Å². The van der Waals surface area contributed by atoms with Crippen LogP contribution in [0.3, 0.4) is 0 Å². The number of aromatic carboxylic acids is 1. The van der Waals surface area contributed by atoms with Crippen molar-refractivity contribution in [3.8, 4) is 0 Å². The Morgan fingerprint density at radius 2 is 2.00 bits per heavy atom. The van der Waals surface area contributed by atoms with Crippen LogP contribution in [0.2, 0.25) is 0 Å². The lowest BCUT2D eigenvalue weighted by Crippen LogP contribution is -2.47. The number of aryl methyl sites for hydroxylation is 1. The first-order valence-electron chi connectivity index (χ1n) is 6.96. The van der Waals surface area contributed by atoms with Crippen LogP contribution in [0.15, 0.2) is 18.2 Å². The van der Waals surface area contributed by atoms with Crippen LogP contribution in [-0.2, 0) is 9.53 Å². The van der Waals surface area contributed by atoms with E-state index in [0.717, 1.165) is 5.69 Å². The smallest absolute Gasteiger partial charge is 0.335 e. The highest BCUT2D eigenvalue weighted by Crippen LogP contribution is 2.16. The minimum atomic E-state index is -0.948. The second-order valence-electron chi connectivity index (χ2n) is 5.14. The lowest BCUT2D eigenvalue weighted by Gasteiger charge is -2.29. The topological polar surface area (TPSA) is 78.9 Å². The van der Waals surface area contributed by atoms with Gasteiger partial charge in [-0.15, -0.1) is 0 Å². The Hall–Kier alpha value is -2.08. The van der Waals surface area contributed by atoms with Gasteiger partial charge in [-0.25, -0.2) is 4.79 Å². The minimum Gasteiger partial charge on any atom is -0.478 e. The fraction of sp³-hybridized carbons (Fsp3) is 0.467. The number of hydrogen-bond acceptors (Lipinski definition) is 4. The van der Waals surface area contributed by atoms with E-state index in [1.165, 1.54) is 0 Å². The number of morpholine rings is 1. The van der Waals surface area contributed by atoms with Crippen molar-refractivity contribution < 1.29 is 19.4 Å². The van der Waals surface area contributed by atoms with Gasteiger partial charge in [0.05, 0.1) is 18.8 Å². The van der Waals surface area contributed by atoms with Crippen molar-refractivity contribution in [2.24, 2.45) is 0 Å². The highest BCUT2D eigenvalue weighted by Gasteiger charge is 2.22. The Balaban J connectivity index is 2.01. The number of carboxylic acids is 1. The number of carboxylic acid groups (broad SMARTS) is 1. The first kappa shape index (κ1) is 15.3. The molecule has 2 rings (SSSR count). The third-order valence-corrected chi connectivity index (χ3v) is 3.53. The van der Waals surface area contributed by atoms with Crippen LogP contribution in [0.25, 0.3) is 0 Å². The van der Waals surface area contributed by atoms with Gasteiger partial charge in [-0.05, 0) is 37.6 Å². The molecule has 0 aromatic heterocycles. The highest BCUT2D eigenvalue weighted by atomic mass is 16.5. The number of hydrogen-bond donors (Lipinski definition) is 2. The third kappa shape index (κ3) is 3.72. The molecule has 1 heterocycles. The molecule has 6 nitrogen and oxygen atoms in total. The number of benzene rings is 1. The molecule has 1 aromatic rings. The van der Waals surface area contributed by atoms with E-state index in [4.69, 9.17) is 9.84 Å². The van der Waals surface area contributed by atoms with Crippen LogP contribution in [-0.4, -0.2) is 54.2 Å². The van der Waals surface area contributed by atoms with E-state index < -0.39 is 5.97 Å². The van der Waals surface area contributed by atoms with Crippen LogP contribution in [0.1, 0.15) is 22.8 Å². The van der Waals surface area contributed by atoms with Crippen molar-refractivity contribution in [1.29, 1.82) is 0 Å². The fourth-order valence-electron chi connectivity index (χ4n) is 2.36. The first-order chi connectivity index (χ1) is 9.99. The number of ether oxygens (including phenoxy) is 1. The molecule has 1 unspecified atom stereocenters.